The lowest BCUT2D eigenvalue weighted by Crippen LogP contribution is -2.16. The zero-order valence-electron chi connectivity index (χ0n) is 12.1. The Labute approximate surface area is 127 Å². The van der Waals surface area contributed by atoms with Gasteiger partial charge < -0.3 is 9.67 Å². The minimum absolute atomic E-state index is 0.0807. The van der Waals surface area contributed by atoms with E-state index in [-0.39, 0.29) is 12.0 Å². The van der Waals surface area contributed by atoms with Crippen molar-refractivity contribution in [3.05, 3.63) is 70.5 Å². The van der Waals surface area contributed by atoms with Gasteiger partial charge in [-0.2, -0.15) is 0 Å². The number of hydrogen-bond acceptors (Lipinski definition) is 2. The number of hydrogen-bond donors (Lipinski definition) is 1. The molecule has 2 aromatic carbocycles. The summed E-state index contributed by atoms with van der Waals surface area (Å²) < 4.78 is 1.62. The molecule has 0 aliphatic carbocycles. The van der Waals surface area contributed by atoms with Gasteiger partial charge in [-0.3, -0.25) is 9.59 Å². The van der Waals surface area contributed by atoms with Crippen molar-refractivity contribution < 1.29 is 9.90 Å². The van der Waals surface area contributed by atoms with E-state index in [1.807, 2.05) is 49.4 Å². The van der Waals surface area contributed by atoms with Crippen molar-refractivity contribution in [2.45, 2.75) is 13.5 Å². The van der Waals surface area contributed by atoms with E-state index in [1.54, 1.807) is 16.8 Å². The number of fused-ring (bicyclic) bond motifs is 1. The minimum atomic E-state index is -0.939. The number of rotatable bonds is 3. The lowest BCUT2D eigenvalue weighted by Gasteiger charge is -2.12. The molecule has 0 fully saturated rings. The fourth-order valence-electron chi connectivity index (χ4n) is 2.60. The highest BCUT2D eigenvalue weighted by Crippen LogP contribution is 2.20. The first-order chi connectivity index (χ1) is 10.6. The van der Waals surface area contributed by atoms with Crippen LogP contribution >= 0.6 is 0 Å². The van der Waals surface area contributed by atoms with Crippen LogP contribution in [0.5, 0.6) is 0 Å². The quantitative estimate of drug-likeness (QED) is 0.807. The van der Waals surface area contributed by atoms with E-state index in [2.05, 4.69) is 0 Å². The van der Waals surface area contributed by atoms with E-state index in [4.69, 9.17) is 5.11 Å². The highest BCUT2D eigenvalue weighted by molar-refractivity contribution is 5.85. The number of benzene rings is 2. The van der Waals surface area contributed by atoms with E-state index in [0.717, 1.165) is 11.1 Å². The molecule has 0 aliphatic heterocycles. The van der Waals surface area contributed by atoms with E-state index in [0.29, 0.717) is 16.5 Å². The van der Waals surface area contributed by atoms with Gasteiger partial charge >= 0.3 is 5.97 Å². The standard InChI is InChI=1S/C18H15NO3/c1-12-7-8-14-16(9-12)19(11-17(20)21)10-15(18(14)22)13-5-3-2-4-6-13/h2-10H,11H2,1H3,(H,20,21). The van der Waals surface area contributed by atoms with Crippen LogP contribution in [-0.4, -0.2) is 15.6 Å². The Bertz CT molecular complexity index is 911. The molecule has 0 bridgehead atoms. The van der Waals surface area contributed by atoms with Crippen molar-refractivity contribution in [1.82, 2.24) is 4.57 Å². The van der Waals surface area contributed by atoms with Gasteiger partial charge in [0.2, 0.25) is 0 Å². The molecule has 0 saturated heterocycles. The summed E-state index contributed by atoms with van der Waals surface area (Å²) in [6.45, 7) is 1.74. The van der Waals surface area contributed by atoms with Gasteiger partial charge in [-0.05, 0) is 30.2 Å². The molecule has 0 aliphatic rings. The van der Waals surface area contributed by atoms with Crippen molar-refractivity contribution in [3.8, 4) is 11.1 Å². The maximum absolute atomic E-state index is 12.7. The predicted octanol–water partition coefficient (Wildman–Crippen LogP) is 3.06. The summed E-state index contributed by atoms with van der Waals surface area (Å²) in [6.07, 6.45) is 1.63. The van der Waals surface area contributed by atoms with Crippen LogP contribution in [0.3, 0.4) is 0 Å². The maximum Gasteiger partial charge on any atom is 0.323 e. The number of carboxylic acids is 1. The molecule has 22 heavy (non-hydrogen) atoms. The molecule has 0 radical (unpaired) electrons. The Morgan fingerprint density at radius 2 is 1.86 bits per heavy atom. The summed E-state index contributed by atoms with van der Waals surface area (Å²) in [4.78, 5) is 23.8. The van der Waals surface area contributed by atoms with Crippen LogP contribution in [0.4, 0.5) is 0 Å². The fraction of sp³-hybridized carbons (Fsp3) is 0.111. The van der Waals surface area contributed by atoms with Gasteiger partial charge in [-0.1, -0.05) is 36.4 Å². The summed E-state index contributed by atoms with van der Waals surface area (Å²) >= 11 is 0. The van der Waals surface area contributed by atoms with Gasteiger partial charge in [0, 0.05) is 17.1 Å². The zero-order valence-corrected chi connectivity index (χ0v) is 12.1. The lowest BCUT2D eigenvalue weighted by atomic mass is 10.0. The molecule has 3 aromatic rings. The third-order valence-electron chi connectivity index (χ3n) is 3.63. The van der Waals surface area contributed by atoms with Crippen LogP contribution in [0.15, 0.2) is 59.5 Å². The van der Waals surface area contributed by atoms with Crippen molar-refractivity contribution in [3.63, 3.8) is 0 Å². The average molecular weight is 293 g/mol. The molecule has 4 heteroatoms. The molecular weight excluding hydrogens is 278 g/mol. The SMILES string of the molecule is Cc1ccc2c(=O)c(-c3ccccc3)cn(CC(=O)O)c2c1. The first-order valence-corrected chi connectivity index (χ1v) is 6.97. The number of carboxylic acid groups (broad SMARTS) is 1. The van der Waals surface area contributed by atoms with Gasteiger partial charge in [0.1, 0.15) is 6.54 Å². The molecule has 1 N–H and O–H groups in total. The normalized spacial score (nSPS) is 10.8. The second-order valence-electron chi connectivity index (χ2n) is 5.28. The van der Waals surface area contributed by atoms with Crippen LogP contribution in [-0.2, 0) is 11.3 Å². The summed E-state index contributed by atoms with van der Waals surface area (Å²) in [6, 6.07) is 14.8. The molecule has 0 amide bonds. The molecule has 110 valence electrons. The smallest absolute Gasteiger partial charge is 0.323 e. The Hall–Kier alpha value is -2.88. The Kier molecular flexibility index (Phi) is 3.51. The summed E-state index contributed by atoms with van der Waals surface area (Å²) in [5.74, 6) is -0.939. The third-order valence-corrected chi connectivity index (χ3v) is 3.63. The number of nitrogens with zero attached hydrogens (tertiary/aromatic N) is 1. The maximum atomic E-state index is 12.7. The van der Waals surface area contributed by atoms with Crippen molar-refractivity contribution in [2.24, 2.45) is 0 Å². The second kappa shape index (κ2) is 5.48. The molecular formula is C18H15NO3. The Morgan fingerprint density at radius 3 is 2.55 bits per heavy atom. The van der Waals surface area contributed by atoms with Gasteiger partial charge in [0.25, 0.3) is 0 Å². The molecule has 1 heterocycles. The Balaban J connectivity index is 2.36. The van der Waals surface area contributed by atoms with Crippen LogP contribution in [0, 0.1) is 6.92 Å². The number of aryl methyl sites for hydroxylation is 1. The van der Waals surface area contributed by atoms with E-state index < -0.39 is 5.97 Å². The van der Waals surface area contributed by atoms with Gasteiger partial charge in [-0.25, -0.2) is 0 Å². The highest BCUT2D eigenvalue weighted by Gasteiger charge is 2.12. The number of pyridine rings is 1. The van der Waals surface area contributed by atoms with E-state index >= 15 is 0 Å². The molecule has 0 spiro atoms. The van der Waals surface area contributed by atoms with E-state index in [1.165, 1.54) is 0 Å². The third kappa shape index (κ3) is 2.51. The number of aromatic nitrogens is 1. The summed E-state index contributed by atoms with van der Waals surface area (Å²) in [5, 5.41) is 9.66. The molecule has 0 unspecified atom stereocenters. The van der Waals surface area contributed by atoms with Crippen LogP contribution < -0.4 is 5.43 Å². The largest absolute Gasteiger partial charge is 0.480 e. The van der Waals surface area contributed by atoms with Gasteiger partial charge in [0.05, 0.1) is 5.52 Å². The fourth-order valence-corrected chi connectivity index (χ4v) is 2.60. The van der Waals surface area contributed by atoms with Crippen molar-refractivity contribution >= 4 is 16.9 Å². The molecule has 4 nitrogen and oxygen atoms in total. The number of aliphatic carboxylic acids is 1. The molecule has 3 rings (SSSR count). The second-order valence-corrected chi connectivity index (χ2v) is 5.28. The molecule has 1 aromatic heterocycles. The van der Waals surface area contributed by atoms with Gasteiger partial charge in [0.15, 0.2) is 5.43 Å². The minimum Gasteiger partial charge on any atom is -0.480 e. The van der Waals surface area contributed by atoms with Gasteiger partial charge in [-0.15, -0.1) is 0 Å². The lowest BCUT2D eigenvalue weighted by molar-refractivity contribution is -0.137. The van der Waals surface area contributed by atoms with Crippen LogP contribution in [0.1, 0.15) is 5.56 Å². The topological polar surface area (TPSA) is 59.3 Å². The van der Waals surface area contributed by atoms with Crippen molar-refractivity contribution in [2.75, 3.05) is 0 Å². The van der Waals surface area contributed by atoms with E-state index in [9.17, 15) is 9.59 Å². The van der Waals surface area contributed by atoms with Crippen LogP contribution in [0.25, 0.3) is 22.0 Å². The highest BCUT2D eigenvalue weighted by atomic mass is 16.4. The average Bonchev–Trinajstić information content (AvgIpc) is 2.50. The van der Waals surface area contributed by atoms with Crippen molar-refractivity contribution in [1.29, 1.82) is 0 Å². The zero-order chi connectivity index (χ0) is 15.7. The monoisotopic (exact) mass is 293 g/mol. The Morgan fingerprint density at radius 1 is 1.14 bits per heavy atom. The number of carbonyl (C=O) groups is 1. The molecule has 0 atom stereocenters. The summed E-state index contributed by atoms with van der Waals surface area (Å²) in [5.41, 5.74) is 2.85. The first kappa shape index (κ1) is 14.1. The van der Waals surface area contributed by atoms with Crippen LogP contribution in [0.2, 0.25) is 0 Å². The first-order valence-electron chi connectivity index (χ1n) is 6.97. The predicted molar refractivity (Wildman–Crippen MR) is 86.0 cm³/mol. The summed E-state index contributed by atoms with van der Waals surface area (Å²) in [7, 11) is 0. The molecule has 0 saturated carbocycles.